The fourth-order valence-electron chi connectivity index (χ4n) is 3.24. The van der Waals surface area contributed by atoms with Gasteiger partial charge in [-0.15, -0.1) is 11.8 Å². The molecule has 2 atom stereocenters. The maximum Gasteiger partial charge on any atom is 0.243 e. The van der Waals surface area contributed by atoms with Gasteiger partial charge in [0, 0.05) is 33.9 Å². The van der Waals surface area contributed by atoms with Crippen molar-refractivity contribution in [1.29, 1.82) is 0 Å². The Morgan fingerprint density at radius 2 is 1.66 bits per heavy atom. The zero-order valence-corrected chi connectivity index (χ0v) is 21.5. The lowest BCUT2D eigenvalue weighted by Crippen LogP contribution is -2.51. The van der Waals surface area contributed by atoms with Crippen LogP contribution in [0.4, 0.5) is 0 Å². The van der Waals surface area contributed by atoms with Gasteiger partial charge in [0.05, 0.1) is 5.75 Å². The molecule has 0 saturated heterocycles. The molecule has 2 aromatic carbocycles. The number of aryl methyl sites for hydroxylation is 1. The number of hydrogen-bond donors (Lipinski definition) is 1. The average molecular weight is 496 g/mol. The second kappa shape index (κ2) is 13.1. The largest absolute Gasteiger partial charge is 0.352 e. The maximum atomic E-state index is 13.3. The predicted molar refractivity (Wildman–Crippen MR) is 136 cm³/mol. The number of carbonyl (C=O) groups is 2. The van der Waals surface area contributed by atoms with E-state index in [2.05, 4.69) is 29.6 Å². The molecule has 0 aliphatic carbocycles. The molecule has 2 rings (SSSR count). The Morgan fingerprint density at radius 3 is 2.22 bits per heavy atom. The molecular formula is C25H32Cl2N2O2S. The molecule has 2 amide bonds. The van der Waals surface area contributed by atoms with Gasteiger partial charge in [0.2, 0.25) is 11.8 Å². The summed E-state index contributed by atoms with van der Waals surface area (Å²) in [5.74, 6) is 0.734. The van der Waals surface area contributed by atoms with E-state index in [0.29, 0.717) is 22.0 Å². The normalized spacial score (nSPS) is 12.8. The monoisotopic (exact) mass is 494 g/mol. The molecule has 0 unspecified atom stereocenters. The fourth-order valence-corrected chi connectivity index (χ4v) is 4.63. The highest BCUT2D eigenvalue weighted by atomic mass is 35.5. The van der Waals surface area contributed by atoms with Crippen molar-refractivity contribution in [2.24, 2.45) is 0 Å². The summed E-state index contributed by atoms with van der Waals surface area (Å²) < 4.78 is 0. The highest BCUT2D eigenvalue weighted by molar-refractivity contribution is 7.99. The van der Waals surface area contributed by atoms with E-state index in [4.69, 9.17) is 23.2 Å². The Balaban J connectivity index is 2.20. The van der Waals surface area contributed by atoms with Gasteiger partial charge in [0.15, 0.2) is 0 Å². The van der Waals surface area contributed by atoms with Gasteiger partial charge in [-0.25, -0.2) is 0 Å². The van der Waals surface area contributed by atoms with Crippen LogP contribution >= 0.6 is 35.0 Å². The van der Waals surface area contributed by atoms with Crippen molar-refractivity contribution in [3.05, 3.63) is 69.2 Å². The van der Waals surface area contributed by atoms with Gasteiger partial charge in [-0.2, -0.15) is 0 Å². The summed E-state index contributed by atoms with van der Waals surface area (Å²) in [5, 5.41) is 3.98. The molecule has 0 fully saturated rings. The van der Waals surface area contributed by atoms with Gasteiger partial charge in [-0.05, 0) is 44.4 Å². The molecule has 0 aliphatic rings. The van der Waals surface area contributed by atoms with Gasteiger partial charge in [-0.3, -0.25) is 9.59 Å². The van der Waals surface area contributed by atoms with Crippen LogP contribution in [0.15, 0.2) is 42.5 Å². The molecule has 0 aliphatic heterocycles. The van der Waals surface area contributed by atoms with Gasteiger partial charge >= 0.3 is 0 Å². The number of nitrogens with zero attached hydrogens (tertiary/aromatic N) is 1. The van der Waals surface area contributed by atoms with E-state index >= 15 is 0 Å². The average Bonchev–Trinajstić information content (AvgIpc) is 2.76. The van der Waals surface area contributed by atoms with Crippen molar-refractivity contribution in [2.75, 3.05) is 5.75 Å². The number of amides is 2. The van der Waals surface area contributed by atoms with Crippen LogP contribution in [-0.2, 0) is 21.9 Å². The van der Waals surface area contributed by atoms with Crippen molar-refractivity contribution in [2.45, 2.75) is 64.9 Å². The summed E-state index contributed by atoms with van der Waals surface area (Å²) >= 11 is 14.3. The molecular weight excluding hydrogens is 463 g/mol. The quantitative estimate of drug-likeness (QED) is 0.401. The van der Waals surface area contributed by atoms with E-state index in [-0.39, 0.29) is 30.2 Å². The Labute approximate surface area is 206 Å². The van der Waals surface area contributed by atoms with E-state index in [1.54, 1.807) is 23.1 Å². The van der Waals surface area contributed by atoms with Crippen molar-refractivity contribution in [3.8, 4) is 0 Å². The Kier molecular flexibility index (Phi) is 10.9. The van der Waals surface area contributed by atoms with Gasteiger partial charge < -0.3 is 10.2 Å². The number of nitrogens with one attached hydrogen (secondary N) is 1. The first kappa shape index (κ1) is 26.6. The molecule has 0 bridgehead atoms. The van der Waals surface area contributed by atoms with Crippen LogP contribution < -0.4 is 5.32 Å². The molecule has 2 aromatic rings. The summed E-state index contributed by atoms with van der Waals surface area (Å²) in [6, 6.07) is 13.0. The summed E-state index contributed by atoms with van der Waals surface area (Å²) in [5.41, 5.74) is 3.02. The summed E-state index contributed by atoms with van der Waals surface area (Å²) in [4.78, 5) is 27.9. The van der Waals surface area contributed by atoms with Crippen LogP contribution in [0.25, 0.3) is 0 Å². The lowest BCUT2D eigenvalue weighted by atomic mass is 10.1. The van der Waals surface area contributed by atoms with E-state index < -0.39 is 6.04 Å². The number of hydrogen-bond acceptors (Lipinski definition) is 3. The summed E-state index contributed by atoms with van der Waals surface area (Å²) in [7, 11) is 0. The number of rotatable bonds is 11. The molecule has 32 heavy (non-hydrogen) atoms. The molecule has 0 heterocycles. The van der Waals surface area contributed by atoms with E-state index in [0.717, 1.165) is 17.7 Å². The van der Waals surface area contributed by atoms with E-state index in [1.807, 2.05) is 27.7 Å². The zero-order valence-electron chi connectivity index (χ0n) is 19.2. The number of carbonyl (C=O) groups excluding carboxylic acids is 2. The lowest BCUT2D eigenvalue weighted by Gasteiger charge is -2.32. The van der Waals surface area contributed by atoms with Crippen LogP contribution in [0, 0.1) is 6.92 Å². The van der Waals surface area contributed by atoms with Crippen LogP contribution in [-0.4, -0.2) is 34.6 Å². The predicted octanol–water partition coefficient (Wildman–Crippen LogP) is 6.26. The first-order chi connectivity index (χ1) is 15.3. The van der Waals surface area contributed by atoms with Crippen molar-refractivity contribution >= 4 is 46.8 Å². The molecule has 1 N–H and O–H groups in total. The van der Waals surface area contributed by atoms with Crippen LogP contribution in [0.5, 0.6) is 0 Å². The number of thioether (sulfide) groups is 1. The van der Waals surface area contributed by atoms with Crippen LogP contribution in [0.3, 0.4) is 0 Å². The number of benzene rings is 2. The minimum atomic E-state index is -0.594. The molecule has 0 aromatic heterocycles. The highest BCUT2D eigenvalue weighted by Gasteiger charge is 2.30. The second-order valence-corrected chi connectivity index (χ2v) is 9.74. The number of halogens is 2. The maximum absolute atomic E-state index is 13.3. The van der Waals surface area contributed by atoms with Gasteiger partial charge in [-0.1, -0.05) is 72.9 Å². The van der Waals surface area contributed by atoms with Gasteiger partial charge in [0.25, 0.3) is 0 Å². The van der Waals surface area contributed by atoms with Crippen LogP contribution in [0.1, 0.15) is 50.3 Å². The highest BCUT2D eigenvalue weighted by Crippen LogP contribution is 2.27. The first-order valence-corrected chi connectivity index (χ1v) is 12.8. The lowest BCUT2D eigenvalue weighted by molar-refractivity contribution is -0.139. The molecule has 0 saturated carbocycles. The van der Waals surface area contributed by atoms with Gasteiger partial charge in [0.1, 0.15) is 6.04 Å². The molecule has 0 radical (unpaired) electrons. The Hall–Kier alpha value is -1.69. The Bertz CT molecular complexity index is 885. The SMILES string of the molecule is CC[C@@H](C)NC(=O)[C@H](CC)N(Cc1c(Cl)cccc1Cl)C(=O)CSCc1ccc(C)cc1. The molecule has 0 spiro atoms. The van der Waals surface area contributed by atoms with Crippen molar-refractivity contribution in [3.63, 3.8) is 0 Å². The van der Waals surface area contributed by atoms with Crippen LogP contribution in [0.2, 0.25) is 10.0 Å². The third kappa shape index (κ3) is 7.72. The minimum Gasteiger partial charge on any atom is -0.352 e. The standard InChI is InChI=1S/C25H32Cl2N2O2S/c1-5-18(4)28-25(31)23(6-2)29(14-20-21(26)8-7-9-22(20)27)24(30)16-32-15-19-12-10-17(3)11-13-19/h7-13,18,23H,5-6,14-16H2,1-4H3,(H,28,31)/t18-,23+/m1/s1. The minimum absolute atomic E-state index is 0.0355. The van der Waals surface area contributed by atoms with E-state index in [9.17, 15) is 9.59 Å². The van der Waals surface area contributed by atoms with Crippen molar-refractivity contribution < 1.29 is 9.59 Å². The topological polar surface area (TPSA) is 49.4 Å². The third-order valence-corrected chi connectivity index (χ3v) is 7.09. The smallest absolute Gasteiger partial charge is 0.243 e. The third-order valence-electron chi connectivity index (χ3n) is 5.39. The zero-order chi connectivity index (χ0) is 23.7. The second-order valence-electron chi connectivity index (χ2n) is 7.94. The summed E-state index contributed by atoms with van der Waals surface area (Å²) in [6.45, 7) is 8.12. The fraction of sp³-hybridized carbons (Fsp3) is 0.440. The molecule has 4 nitrogen and oxygen atoms in total. The molecule has 174 valence electrons. The Morgan fingerprint density at radius 1 is 1.03 bits per heavy atom. The van der Waals surface area contributed by atoms with E-state index in [1.165, 1.54) is 17.3 Å². The summed E-state index contributed by atoms with van der Waals surface area (Å²) in [6.07, 6.45) is 1.32. The van der Waals surface area contributed by atoms with Crippen molar-refractivity contribution in [1.82, 2.24) is 10.2 Å². The first-order valence-electron chi connectivity index (χ1n) is 10.9. The molecule has 7 heteroatoms.